The fourth-order valence-electron chi connectivity index (χ4n) is 11.7. The van der Waals surface area contributed by atoms with Gasteiger partial charge in [-0.2, -0.15) is 0 Å². The Morgan fingerprint density at radius 2 is 0.848 bits per heavy atom. The first-order chi connectivity index (χ1) is 52.8. The average molecular weight is 1580 g/mol. The Kier molecular flexibility index (Phi) is 41.3. The van der Waals surface area contributed by atoms with Crippen molar-refractivity contribution < 1.29 is 122 Å². The van der Waals surface area contributed by atoms with Gasteiger partial charge in [0.2, 0.25) is 76.8 Å². The molecule has 0 unspecified atom stereocenters. The van der Waals surface area contributed by atoms with E-state index in [1.165, 1.54) is 31.2 Å². The summed E-state index contributed by atoms with van der Waals surface area (Å²) in [6.07, 6.45) is -4.40. The van der Waals surface area contributed by atoms with Gasteiger partial charge in [-0.3, -0.25) is 76.7 Å². The molecule has 2 aromatic rings. The molecule has 40 nitrogen and oxygen atoms in total. The van der Waals surface area contributed by atoms with E-state index < -0.39 is 230 Å². The summed E-state index contributed by atoms with van der Waals surface area (Å²) in [5, 5.41) is 108. The fourth-order valence-corrected chi connectivity index (χ4v) is 11.7. The predicted octanol–water partition coefficient (Wildman–Crippen LogP) is -5.38. The van der Waals surface area contributed by atoms with Gasteiger partial charge in [-0.15, -0.1) is 0 Å². The number of aliphatic hydroxyl groups is 3. The summed E-state index contributed by atoms with van der Waals surface area (Å²) in [5.74, 6) is -20.8. The number of amides is 13. The summed E-state index contributed by atoms with van der Waals surface area (Å²) < 4.78 is 0. The van der Waals surface area contributed by atoms with Crippen molar-refractivity contribution in [3.8, 4) is 5.75 Å². The van der Waals surface area contributed by atoms with Gasteiger partial charge in [0.15, 0.2) is 0 Å². The van der Waals surface area contributed by atoms with Crippen molar-refractivity contribution in [2.24, 2.45) is 23.3 Å². The molecule has 1 heterocycles. The number of carboxylic acids is 4. The van der Waals surface area contributed by atoms with Crippen LogP contribution in [-0.2, 0) is 94.3 Å². The molecule has 0 saturated carbocycles. The first-order valence-electron chi connectivity index (χ1n) is 36.8. The van der Waals surface area contributed by atoms with Crippen LogP contribution < -0.4 is 75.3 Å². The Hall–Kier alpha value is -11.0. The molecule has 1 saturated heterocycles. The van der Waals surface area contributed by atoms with E-state index in [-0.39, 0.29) is 95.5 Å². The number of aliphatic carboxylic acids is 4. The number of hydrogen-bond donors (Lipinski definition) is 22. The molecule has 13 amide bonds. The van der Waals surface area contributed by atoms with E-state index in [1.54, 1.807) is 58.0 Å². The summed E-state index contributed by atoms with van der Waals surface area (Å²) in [7, 11) is 0. The van der Waals surface area contributed by atoms with Crippen molar-refractivity contribution in [3.05, 3.63) is 65.7 Å². The van der Waals surface area contributed by atoms with Crippen molar-refractivity contribution in [2.75, 3.05) is 32.8 Å². The van der Waals surface area contributed by atoms with Crippen LogP contribution in [0.15, 0.2) is 54.6 Å². The average Bonchev–Trinajstić information content (AvgIpc) is 1.62. The lowest BCUT2D eigenvalue weighted by molar-refractivity contribution is -0.144. The summed E-state index contributed by atoms with van der Waals surface area (Å²) in [4.78, 5) is 229. The van der Waals surface area contributed by atoms with E-state index in [9.17, 15) is 117 Å². The second-order valence-corrected chi connectivity index (χ2v) is 28.0. The number of unbranched alkanes of at least 4 members (excludes halogenated alkanes) is 2. The zero-order chi connectivity index (χ0) is 84.1. The SMILES string of the molecule is CC(C)C[C@H](NC(=O)[C@H](C)NC(=O)[C@@H]1CCCN1C(=O)[C@H](Cc1ccc(O)cc1)NC(=O)[C@H](CC(C)C)NC(=O)[C@H](CO)NC(=O)[C@H](CO)NC(=O)[C@H](CC(=O)O)NC(=O)[C@H](CCCCN)NC(=O)CCC(=O)O)C(=O)N[C@H](C(=O)N[C@@H](Cc1ccccc1)C(=O)N[C@@H](CC(=O)O)C(=O)N[C@@H](CCCCN)C(=O)O)[C@@H](C)O. The number of phenolic OH excluding ortho intramolecular Hbond substituents is 1. The number of phenols is 1. The molecule has 14 atom stereocenters. The number of nitrogens with one attached hydrogen (secondary N) is 12. The quantitative estimate of drug-likeness (QED) is 0.0275. The van der Waals surface area contributed by atoms with Crippen LogP contribution in [0.25, 0.3) is 0 Å². The minimum absolute atomic E-state index is 0.0267. The Balaban J connectivity index is 1.85. The van der Waals surface area contributed by atoms with E-state index in [0.717, 1.165) is 11.8 Å². The topological polar surface area (TPSA) is 652 Å². The highest BCUT2D eigenvalue weighted by Gasteiger charge is 2.42. The third-order valence-corrected chi connectivity index (χ3v) is 17.6. The molecule has 40 heteroatoms. The van der Waals surface area contributed by atoms with Crippen molar-refractivity contribution in [1.29, 1.82) is 0 Å². The normalized spacial score (nSPS) is 16.0. The molecular formula is C72H109N15O25. The van der Waals surface area contributed by atoms with E-state index in [4.69, 9.17) is 16.6 Å². The maximum absolute atomic E-state index is 14.9. The van der Waals surface area contributed by atoms with Gasteiger partial charge >= 0.3 is 23.9 Å². The molecule has 112 heavy (non-hydrogen) atoms. The zero-order valence-corrected chi connectivity index (χ0v) is 63.4. The molecule has 3 rings (SSSR count). The van der Waals surface area contributed by atoms with Crippen molar-refractivity contribution in [1.82, 2.24) is 68.7 Å². The maximum Gasteiger partial charge on any atom is 0.326 e. The summed E-state index contributed by atoms with van der Waals surface area (Å²) in [6, 6.07) is -7.98. The summed E-state index contributed by atoms with van der Waals surface area (Å²) in [5.41, 5.74) is 11.9. The fraction of sp³-hybridized carbons (Fsp3) is 0.597. The van der Waals surface area contributed by atoms with E-state index in [2.05, 4.69) is 63.8 Å². The minimum atomic E-state index is -2.00. The van der Waals surface area contributed by atoms with Crippen LogP contribution in [0.4, 0.5) is 0 Å². The standard InChI is InChI=1S/C72H109N15O25/c1-37(2)29-46(79-67(106)52(35-88)85-68(107)53(36-89)84-65(104)50(34-58(97)98)80-61(100)44(17-10-12-26-73)76-55(92)24-25-56(93)94)62(101)83-51(32-42-20-22-43(91)23-21-42)71(110)87-28-14-19-54(87)69(108)75-39(5)60(99)78-47(30-38(3)4)66(105)86-59(40(6)90)70(109)82-48(31-41-15-8-7-9-16-41)63(102)81-49(33-57(95)96)64(103)77-45(72(111)112)18-11-13-27-74/h7-9,15-16,20-23,37-40,44-54,59,88-91H,10-14,17-19,24-36,73-74H2,1-6H3,(H,75,108)(H,76,92)(H,77,103)(H,78,99)(H,79,106)(H,80,100)(H,81,102)(H,82,109)(H,83,101)(H,84,104)(H,85,107)(H,86,105)(H,93,94)(H,95,96)(H,97,98)(H,111,112)/t39-,40+,44-,45-,46-,47-,48-,49-,50-,51-,52-,53-,54-,59-/m0/s1. The molecular weight excluding hydrogens is 1470 g/mol. The molecule has 1 aliphatic rings. The van der Waals surface area contributed by atoms with E-state index in [0.29, 0.717) is 24.0 Å². The number of carboxylic acid groups (broad SMARTS) is 4. The highest BCUT2D eigenvalue weighted by atomic mass is 16.4. The van der Waals surface area contributed by atoms with Crippen LogP contribution in [0.2, 0.25) is 0 Å². The predicted molar refractivity (Wildman–Crippen MR) is 395 cm³/mol. The first-order valence-corrected chi connectivity index (χ1v) is 36.8. The third kappa shape index (κ3) is 33.7. The minimum Gasteiger partial charge on any atom is -0.508 e. The molecule has 2 aromatic carbocycles. The third-order valence-electron chi connectivity index (χ3n) is 17.6. The van der Waals surface area contributed by atoms with Crippen LogP contribution in [0, 0.1) is 11.8 Å². The number of benzene rings is 2. The molecule has 0 spiro atoms. The zero-order valence-electron chi connectivity index (χ0n) is 63.4. The Labute approximate surface area is 646 Å². The maximum atomic E-state index is 14.9. The molecule has 1 fully saturated rings. The molecule has 0 aromatic heterocycles. The molecule has 0 radical (unpaired) electrons. The van der Waals surface area contributed by atoms with Crippen LogP contribution in [0.1, 0.15) is 143 Å². The monoisotopic (exact) mass is 1580 g/mol. The van der Waals surface area contributed by atoms with Gasteiger partial charge in [0.05, 0.1) is 38.6 Å². The smallest absolute Gasteiger partial charge is 0.326 e. The molecule has 0 bridgehead atoms. The van der Waals surface area contributed by atoms with Crippen LogP contribution in [0.5, 0.6) is 5.75 Å². The van der Waals surface area contributed by atoms with E-state index >= 15 is 0 Å². The van der Waals surface area contributed by atoms with Gasteiger partial charge in [0, 0.05) is 25.8 Å². The lowest BCUT2D eigenvalue weighted by atomic mass is 10.00. The number of nitrogens with zero attached hydrogens (tertiary/aromatic N) is 1. The van der Waals surface area contributed by atoms with Crippen LogP contribution in [0.3, 0.4) is 0 Å². The number of aliphatic hydroxyl groups excluding tert-OH is 3. The van der Waals surface area contributed by atoms with Gasteiger partial charge in [0.1, 0.15) is 84.3 Å². The molecule has 24 N–H and O–H groups in total. The van der Waals surface area contributed by atoms with Crippen molar-refractivity contribution in [2.45, 2.75) is 229 Å². The van der Waals surface area contributed by atoms with Gasteiger partial charge in [-0.05, 0) is 126 Å². The highest BCUT2D eigenvalue weighted by molar-refractivity contribution is 6.01. The second kappa shape index (κ2) is 48.6. The van der Waals surface area contributed by atoms with Crippen LogP contribution in [-0.4, -0.2) is 264 Å². The first kappa shape index (κ1) is 95.2. The molecule has 1 aliphatic heterocycles. The number of hydrogen-bond acceptors (Lipinski definition) is 23. The lowest BCUT2D eigenvalue weighted by Crippen LogP contribution is -2.62. The number of aromatic hydroxyl groups is 1. The Bertz CT molecular complexity index is 3550. The molecule has 622 valence electrons. The number of rotatable bonds is 51. The van der Waals surface area contributed by atoms with Gasteiger partial charge in [-0.25, -0.2) is 4.79 Å². The Morgan fingerprint density at radius 1 is 0.438 bits per heavy atom. The van der Waals surface area contributed by atoms with Gasteiger partial charge in [0.25, 0.3) is 0 Å². The van der Waals surface area contributed by atoms with Crippen molar-refractivity contribution >= 4 is 101 Å². The van der Waals surface area contributed by atoms with Gasteiger partial charge in [-0.1, -0.05) is 70.2 Å². The summed E-state index contributed by atoms with van der Waals surface area (Å²) >= 11 is 0. The van der Waals surface area contributed by atoms with E-state index in [1.807, 2.05) is 0 Å². The van der Waals surface area contributed by atoms with Gasteiger partial charge < -0.3 is 121 Å². The summed E-state index contributed by atoms with van der Waals surface area (Å²) in [6.45, 7) is 7.06. The highest BCUT2D eigenvalue weighted by Crippen LogP contribution is 2.22. The van der Waals surface area contributed by atoms with Crippen molar-refractivity contribution in [3.63, 3.8) is 0 Å². The largest absolute Gasteiger partial charge is 0.508 e. The number of likely N-dealkylation sites (tertiary alicyclic amines) is 1. The number of carbonyl (C=O) groups excluding carboxylic acids is 13. The second-order valence-electron chi connectivity index (χ2n) is 28.0. The van der Waals surface area contributed by atoms with Crippen LogP contribution >= 0.6 is 0 Å². The molecule has 0 aliphatic carbocycles. The number of nitrogens with two attached hydrogens (primary N) is 2. The Morgan fingerprint density at radius 3 is 1.32 bits per heavy atom. The number of carbonyl (C=O) groups is 17. The lowest BCUT2D eigenvalue weighted by Gasteiger charge is -2.31.